The number of hydrogen-bond acceptors (Lipinski definition) is 4. The summed E-state index contributed by atoms with van der Waals surface area (Å²) in [6, 6.07) is 3.65. The van der Waals surface area contributed by atoms with E-state index in [1.54, 1.807) is 17.2 Å². The molecule has 0 aliphatic carbocycles. The summed E-state index contributed by atoms with van der Waals surface area (Å²) >= 11 is 0. The highest BCUT2D eigenvalue weighted by atomic mass is 16.4. The number of carboxylic acid groups (broad SMARTS) is 1. The Kier molecular flexibility index (Phi) is 3.74. The maximum atomic E-state index is 11.4. The van der Waals surface area contributed by atoms with Crippen molar-refractivity contribution in [2.24, 2.45) is 5.41 Å². The second-order valence-electron chi connectivity index (χ2n) is 6.25. The number of nitrogens with two attached hydrogens (primary N) is 1. The zero-order valence-electron chi connectivity index (χ0n) is 12.2. The predicted octanol–water partition coefficient (Wildman–Crippen LogP) is 1.88. The van der Waals surface area contributed by atoms with Gasteiger partial charge in [0.1, 0.15) is 5.82 Å². The number of anilines is 2. The molecule has 0 saturated carbocycles. The van der Waals surface area contributed by atoms with E-state index in [-0.39, 0.29) is 11.5 Å². The van der Waals surface area contributed by atoms with E-state index in [9.17, 15) is 9.90 Å². The summed E-state index contributed by atoms with van der Waals surface area (Å²) in [6.45, 7) is 8.04. The number of carbonyl (C=O) groups is 1. The van der Waals surface area contributed by atoms with Crippen LogP contribution in [-0.2, 0) is 0 Å². The molecule has 6 nitrogen and oxygen atoms in total. The Labute approximate surface area is 119 Å². The first-order valence-electron chi connectivity index (χ1n) is 6.75. The van der Waals surface area contributed by atoms with Gasteiger partial charge in [-0.1, -0.05) is 20.8 Å². The fourth-order valence-electron chi connectivity index (χ4n) is 2.57. The molecule has 0 radical (unpaired) electrons. The fraction of sp³-hybridized carbons (Fsp3) is 0.571. The van der Waals surface area contributed by atoms with Crippen molar-refractivity contribution in [3.8, 4) is 0 Å². The molecule has 1 amide bonds. The van der Waals surface area contributed by atoms with E-state index >= 15 is 0 Å². The second kappa shape index (κ2) is 5.19. The molecule has 1 aliphatic heterocycles. The molecule has 110 valence electrons. The Morgan fingerprint density at radius 3 is 2.60 bits per heavy atom. The van der Waals surface area contributed by atoms with Gasteiger partial charge in [0.05, 0.1) is 17.9 Å². The number of hydrogen-bond donors (Lipinski definition) is 2. The monoisotopic (exact) mass is 278 g/mol. The van der Waals surface area contributed by atoms with Gasteiger partial charge in [0, 0.05) is 19.6 Å². The van der Waals surface area contributed by atoms with E-state index in [1.807, 2.05) is 6.07 Å². The molecule has 6 heteroatoms. The van der Waals surface area contributed by atoms with Crippen molar-refractivity contribution < 1.29 is 9.90 Å². The van der Waals surface area contributed by atoms with Crippen molar-refractivity contribution in [3.05, 3.63) is 18.3 Å². The third-order valence-electron chi connectivity index (χ3n) is 3.76. The fourth-order valence-corrected chi connectivity index (χ4v) is 2.57. The molecule has 2 heterocycles. The summed E-state index contributed by atoms with van der Waals surface area (Å²) in [5.74, 6) is 0.491. The van der Waals surface area contributed by atoms with Gasteiger partial charge in [-0.15, -0.1) is 0 Å². The van der Waals surface area contributed by atoms with Crippen LogP contribution in [0.2, 0.25) is 0 Å². The molecule has 1 unspecified atom stereocenters. The van der Waals surface area contributed by atoms with Gasteiger partial charge in [-0.25, -0.2) is 9.78 Å². The first-order valence-corrected chi connectivity index (χ1v) is 6.75. The van der Waals surface area contributed by atoms with Gasteiger partial charge in [-0.2, -0.15) is 0 Å². The Hall–Kier alpha value is -1.98. The van der Waals surface area contributed by atoms with Gasteiger partial charge in [0.2, 0.25) is 0 Å². The smallest absolute Gasteiger partial charge is 0.407 e. The van der Waals surface area contributed by atoms with Gasteiger partial charge in [-0.3, -0.25) is 0 Å². The number of rotatable bonds is 1. The lowest BCUT2D eigenvalue weighted by Gasteiger charge is -2.46. The summed E-state index contributed by atoms with van der Waals surface area (Å²) in [7, 11) is 0. The Morgan fingerprint density at radius 1 is 1.40 bits per heavy atom. The summed E-state index contributed by atoms with van der Waals surface area (Å²) in [5.41, 5.74) is 6.47. The molecule has 0 aromatic carbocycles. The molecule has 3 N–H and O–H groups in total. The van der Waals surface area contributed by atoms with E-state index in [1.165, 1.54) is 0 Å². The minimum atomic E-state index is -0.847. The summed E-state index contributed by atoms with van der Waals surface area (Å²) < 4.78 is 0. The minimum Gasteiger partial charge on any atom is -0.465 e. The standard InChI is InChI=1S/C14H22N4O2/c1-14(2,3)11-9-17(6-7-18(11)13(19)20)10-4-5-12(15)16-8-10/h4-5,8,11H,6-7,9H2,1-3H3,(H2,15,16)(H,19,20). The number of nitrogen functional groups attached to an aromatic ring is 1. The van der Waals surface area contributed by atoms with Crippen LogP contribution < -0.4 is 10.6 Å². The average molecular weight is 278 g/mol. The highest BCUT2D eigenvalue weighted by Crippen LogP contribution is 2.29. The Bertz CT molecular complexity index is 481. The number of amides is 1. The first-order chi connectivity index (χ1) is 9.29. The topological polar surface area (TPSA) is 82.7 Å². The molecule has 1 aliphatic rings. The van der Waals surface area contributed by atoms with Gasteiger partial charge in [0.25, 0.3) is 0 Å². The molecule has 0 bridgehead atoms. The highest BCUT2D eigenvalue weighted by Gasteiger charge is 2.38. The van der Waals surface area contributed by atoms with Crippen LogP contribution in [0.5, 0.6) is 0 Å². The van der Waals surface area contributed by atoms with Crippen LogP contribution in [0.15, 0.2) is 18.3 Å². The molecular formula is C14H22N4O2. The van der Waals surface area contributed by atoms with Crippen molar-refractivity contribution in [2.45, 2.75) is 26.8 Å². The Balaban J connectivity index is 2.20. The normalized spacial score (nSPS) is 20.1. The van der Waals surface area contributed by atoms with Crippen molar-refractivity contribution in [1.29, 1.82) is 0 Å². The summed E-state index contributed by atoms with van der Waals surface area (Å²) in [6.07, 6.45) is 0.894. The van der Waals surface area contributed by atoms with Gasteiger partial charge < -0.3 is 20.6 Å². The van der Waals surface area contributed by atoms with Crippen molar-refractivity contribution in [2.75, 3.05) is 30.3 Å². The maximum Gasteiger partial charge on any atom is 0.407 e. The van der Waals surface area contributed by atoms with Gasteiger partial charge >= 0.3 is 6.09 Å². The molecule has 1 aromatic rings. The third kappa shape index (κ3) is 2.95. The molecule has 1 saturated heterocycles. The predicted molar refractivity (Wildman–Crippen MR) is 78.8 cm³/mol. The van der Waals surface area contributed by atoms with Crippen LogP contribution >= 0.6 is 0 Å². The van der Waals surface area contributed by atoms with Crippen molar-refractivity contribution >= 4 is 17.6 Å². The van der Waals surface area contributed by atoms with E-state index in [0.29, 0.717) is 25.5 Å². The lowest BCUT2D eigenvalue weighted by molar-refractivity contribution is 0.0748. The van der Waals surface area contributed by atoms with Gasteiger partial charge in [0.15, 0.2) is 0 Å². The van der Waals surface area contributed by atoms with E-state index in [0.717, 1.165) is 5.69 Å². The average Bonchev–Trinajstić information content (AvgIpc) is 2.38. The molecule has 1 aromatic heterocycles. The zero-order chi connectivity index (χ0) is 14.9. The third-order valence-corrected chi connectivity index (χ3v) is 3.76. The summed E-state index contributed by atoms with van der Waals surface area (Å²) in [5, 5.41) is 9.34. The van der Waals surface area contributed by atoms with Gasteiger partial charge in [-0.05, 0) is 17.5 Å². The van der Waals surface area contributed by atoms with Crippen LogP contribution in [0, 0.1) is 5.41 Å². The summed E-state index contributed by atoms with van der Waals surface area (Å²) in [4.78, 5) is 19.2. The molecule has 1 fully saturated rings. The highest BCUT2D eigenvalue weighted by molar-refractivity contribution is 5.66. The number of aromatic nitrogens is 1. The Morgan fingerprint density at radius 2 is 2.10 bits per heavy atom. The van der Waals surface area contributed by atoms with Crippen LogP contribution in [0.1, 0.15) is 20.8 Å². The van der Waals surface area contributed by atoms with Crippen molar-refractivity contribution in [3.63, 3.8) is 0 Å². The molecule has 20 heavy (non-hydrogen) atoms. The second-order valence-corrected chi connectivity index (χ2v) is 6.25. The van der Waals surface area contributed by atoms with Crippen LogP contribution in [0.4, 0.5) is 16.3 Å². The molecule has 2 rings (SSSR count). The zero-order valence-corrected chi connectivity index (χ0v) is 12.2. The molecular weight excluding hydrogens is 256 g/mol. The van der Waals surface area contributed by atoms with E-state index in [4.69, 9.17) is 5.73 Å². The minimum absolute atomic E-state index is 0.0497. The SMILES string of the molecule is CC(C)(C)C1CN(c2ccc(N)nc2)CCN1C(=O)O. The maximum absolute atomic E-state index is 11.4. The molecule has 0 spiro atoms. The lowest BCUT2D eigenvalue weighted by atomic mass is 9.84. The van der Waals surface area contributed by atoms with Crippen LogP contribution in [0.25, 0.3) is 0 Å². The van der Waals surface area contributed by atoms with E-state index in [2.05, 4.69) is 30.7 Å². The molecule has 1 atom stereocenters. The largest absolute Gasteiger partial charge is 0.465 e. The van der Waals surface area contributed by atoms with E-state index < -0.39 is 6.09 Å². The first kappa shape index (κ1) is 14.4. The van der Waals surface area contributed by atoms with Crippen LogP contribution in [-0.4, -0.2) is 46.8 Å². The quantitative estimate of drug-likeness (QED) is 0.819. The number of nitrogens with zero attached hydrogens (tertiary/aromatic N) is 3. The van der Waals surface area contributed by atoms with Crippen LogP contribution in [0.3, 0.4) is 0 Å². The number of pyridine rings is 1. The lowest BCUT2D eigenvalue weighted by Crippen LogP contribution is -2.59. The van der Waals surface area contributed by atoms with Crippen molar-refractivity contribution in [1.82, 2.24) is 9.88 Å². The number of piperazine rings is 1.